The number of nitrogens with zero attached hydrogens (tertiary/aromatic N) is 4. The maximum absolute atomic E-state index is 13.0. The van der Waals surface area contributed by atoms with Gasteiger partial charge in [0.05, 0.1) is 17.0 Å². The van der Waals surface area contributed by atoms with Crippen molar-refractivity contribution in [3.8, 4) is 11.3 Å². The summed E-state index contributed by atoms with van der Waals surface area (Å²) in [5.74, 6) is 1.33. The first kappa shape index (κ1) is 21.1. The Hall–Kier alpha value is -3.15. The van der Waals surface area contributed by atoms with Gasteiger partial charge in [-0.05, 0) is 50.1 Å². The molecule has 6 heteroatoms. The number of amides is 1. The van der Waals surface area contributed by atoms with Crippen LogP contribution in [0.1, 0.15) is 53.2 Å². The Morgan fingerprint density at radius 3 is 2.61 bits per heavy atom. The molecule has 2 aromatic heterocycles. The lowest BCUT2D eigenvalue weighted by molar-refractivity contribution is 0.0712. The number of hydrogen-bond acceptors (Lipinski definition) is 5. The number of anilines is 1. The number of likely N-dealkylation sites (tertiary alicyclic amines) is 1. The van der Waals surface area contributed by atoms with Crippen LogP contribution >= 0.6 is 0 Å². The van der Waals surface area contributed by atoms with Gasteiger partial charge >= 0.3 is 0 Å². The Morgan fingerprint density at radius 1 is 1.16 bits per heavy atom. The fraction of sp³-hybridized carbons (Fsp3) is 0.400. The number of piperidine rings is 1. The second-order valence-electron chi connectivity index (χ2n) is 8.38. The third-order valence-electron chi connectivity index (χ3n) is 6.09. The molecule has 0 atom stereocenters. The highest BCUT2D eigenvalue weighted by Gasteiger charge is 2.26. The van der Waals surface area contributed by atoms with E-state index in [1.54, 1.807) is 0 Å². The zero-order valence-electron chi connectivity index (χ0n) is 18.8. The van der Waals surface area contributed by atoms with Crippen molar-refractivity contribution in [1.29, 1.82) is 0 Å². The molecular weight excluding hydrogens is 388 g/mol. The molecule has 1 saturated heterocycles. The fourth-order valence-corrected chi connectivity index (χ4v) is 4.28. The molecule has 4 rings (SSSR count). The van der Waals surface area contributed by atoms with Gasteiger partial charge in [0.2, 0.25) is 0 Å². The Labute approximate surface area is 183 Å². The van der Waals surface area contributed by atoms with Crippen LogP contribution in [0.25, 0.3) is 11.3 Å². The van der Waals surface area contributed by atoms with E-state index in [2.05, 4.69) is 24.2 Å². The first-order valence-corrected chi connectivity index (χ1v) is 11.0. The Morgan fingerprint density at radius 2 is 1.90 bits per heavy atom. The van der Waals surface area contributed by atoms with Crippen molar-refractivity contribution < 1.29 is 9.32 Å². The lowest BCUT2D eigenvalue weighted by Crippen LogP contribution is -2.38. The standard InChI is InChI=1S/C25H30N4O2/c1-5-23-24(17(2)27-31-23)22-11-7-10-21(26-22)18-12-14-29(15-13-18)25(30)19-8-6-9-20(16-19)28(3)4/h6-11,16,18H,5,12-15H2,1-4H3. The summed E-state index contributed by atoms with van der Waals surface area (Å²) < 4.78 is 5.45. The van der Waals surface area contributed by atoms with E-state index in [-0.39, 0.29) is 5.91 Å². The molecule has 31 heavy (non-hydrogen) atoms. The van der Waals surface area contributed by atoms with Crippen molar-refractivity contribution in [3.63, 3.8) is 0 Å². The summed E-state index contributed by atoms with van der Waals surface area (Å²) in [6, 6.07) is 14.0. The van der Waals surface area contributed by atoms with Crippen LogP contribution < -0.4 is 4.90 Å². The molecule has 0 radical (unpaired) electrons. The molecule has 1 aliphatic rings. The van der Waals surface area contributed by atoms with Crippen molar-refractivity contribution in [1.82, 2.24) is 15.0 Å². The number of carbonyl (C=O) groups excluding carboxylic acids is 1. The highest BCUT2D eigenvalue weighted by molar-refractivity contribution is 5.95. The van der Waals surface area contributed by atoms with Crippen molar-refractivity contribution in [3.05, 3.63) is 65.2 Å². The zero-order chi connectivity index (χ0) is 22.0. The van der Waals surface area contributed by atoms with E-state index in [0.717, 1.165) is 72.0 Å². The maximum Gasteiger partial charge on any atom is 0.253 e. The van der Waals surface area contributed by atoms with Crippen LogP contribution in [0.2, 0.25) is 0 Å². The molecule has 0 unspecified atom stereocenters. The smallest absolute Gasteiger partial charge is 0.253 e. The minimum atomic E-state index is 0.108. The van der Waals surface area contributed by atoms with Gasteiger partial charge in [-0.1, -0.05) is 24.2 Å². The zero-order valence-corrected chi connectivity index (χ0v) is 18.8. The van der Waals surface area contributed by atoms with Crippen LogP contribution in [0.3, 0.4) is 0 Å². The van der Waals surface area contributed by atoms with Gasteiger partial charge < -0.3 is 14.3 Å². The number of carbonyl (C=O) groups is 1. The predicted molar refractivity (Wildman–Crippen MR) is 122 cm³/mol. The van der Waals surface area contributed by atoms with Crippen molar-refractivity contribution in [2.75, 3.05) is 32.1 Å². The molecule has 3 heterocycles. The number of aromatic nitrogens is 2. The summed E-state index contributed by atoms with van der Waals surface area (Å²) >= 11 is 0. The molecule has 6 nitrogen and oxygen atoms in total. The topological polar surface area (TPSA) is 62.5 Å². The normalized spacial score (nSPS) is 14.6. The second-order valence-corrected chi connectivity index (χ2v) is 8.38. The first-order chi connectivity index (χ1) is 15.0. The second kappa shape index (κ2) is 8.92. The summed E-state index contributed by atoms with van der Waals surface area (Å²) in [5, 5.41) is 4.12. The van der Waals surface area contributed by atoms with Crippen LogP contribution in [0.5, 0.6) is 0 Å². The molecule has 1 fully saturated rings. The molecule has 0 spiro atoms. The van der Waals surface area contributed by atoms with Gasteiger partial charge in [0.15, 0.2) is 0 Å². The summed E-state index contributed by atoms with van der Waals surface area (Å²) in [5.41, 5.74) is 5.69. The molecule has 1 amide bonds. The molecule has 3 aromatic rings. The average Bonchev–Trinajstić information content (AvgIpc) is 3.19. The van der Waals surface area contributed by atoms with E-state index >= 15 is 0 Å². The van der Waals surface area contributed by atoms with Crippen LogP contribution in [0, 0.1) is 6.92 Å². The summed E-state index contributed by atoms with van der Waals surface area (Å²) in [6.07, 6.45) is 2.62. The van der Waals surface area contributed by atoms with Crippen molar-refractivity contribution >= 4 is 11.6 Å². The van der Waals surface area contributed by atoms with Gasteiger partial charge in [-0.25, -0.2) is 0 Å². The Kier molecular flexibility index (Phi) is 6.07. The molecule has 1 aliphatic heterocycles. The van der Waals surface area contributed by atoms with Gasteiger partial charge in [-0.2, -0.15) is 0 Å². The van der Waals surface area contributed by atoms with E-state index in [0.29, 0.717) is 5.92 Å². The van der Waals surface area contributed by atoms with E-state index in [9.17, 15) is 4.79 Å². The first-order valence-electron chi connectivity index (χ1n) is 11.0. The highest BCUT2D eigenvalue weighted by atomic mass is 16.5. The van der Waals surface area contributed by atoms with Crippen LogP contribution in [-0.2, 0) is 6.42 Å². The van der Waals surface area contributed by atoms with E-state index in [4.69, 9.17) is 9.51 Å². The van der Waals surface area contributed by atoms with Gasteiger partial charge in [-0.15, -0.1) is 0 Å². The number of benzene rings is 1. The quantitative estimate of drug-likeness (QED) is 0.601. The third-order valence-corrected chi connectivity index (χ3v) is 6.09. The van der Waals surface area contributed by atoms with Crippen molar-refractivity contribution in [2.24, 2.45) is 0 Å². The highest BCUT2D eigenvalue weighted by Crippen LogP contribution is 2.31. The summed E-state index contributed by atoms with van der Waals surface area (Å²) in [6.45, 7) is 5.51. The van der Waals surface area contributed by atoms with Crippen LogP contribution in [0.4, 0.5) is 5.69 Å². The van der Waals surface area contributed by atoms with Gasteiger partial charge in [0, 0.05) is 56.5 Å². The summed E-state index contributed by atoms with van der Waals surface area (Å²) in [4.78, 5) is 22.0. The van der Waals surface area contributed by atoms with Crippen molar-refractivity contribution in [2.45, 2.75) is 39.0 Å². The molecule has 0 bridgehead atoms. The molecule has 0 saturated carbocycles. The number of aryl methyl sites for hydroxylation is 2. The monoisotopic (exact) mass is 418 g/mol. The van der Waals surface area contributed by atoms with Gasteiger partial charge in [0.1, 0.15) is 5.76 Å². The third kappa shape index (κ3) is 4.33. The largest absolute Gasteiger partial charge is 0.378 e. The maximum atomic E-state index is 13.0. The van der Waals surface area contributed by atoms with E-state index < -0.39 is 0 Å². The fourth-order valence-electron chi connectivity index (χ4n) is 4.28. The van der Waals surface area contributed by atoms with Crippen LogP contribution in [-0.4, -0.2) is 48.1 Å². The average molecular weight is 419 g/mol. The Bertz CT molecular complexity index is 1060. The van der Waals surface area contributed by atoms with Crippen LogP contribution in [0.15, 0.2) is 47.0 Å². The molecular formula is C25H30N4O2. The van der Waals surface area contributed by atoms with Gasteiger partial charge in [-0.3, -0.25) is 9.78 Å². The SMILES string of the molecule is CCc1onc(C)c1-c1cccc(C2CCN(C(=O)c3cccc(N(C)C)c3)CC2)n1. The number of hydrogen-bond donors (Lipinski definition) is 0. The van der Waals surface area contributed by atoms with E-state index in [1.165, 1.54) is 0 Å². The van der Waals surface area contributed by atoms with Gasteiger partial charge in [0.25, 0.3) is 5.91 Å². The molecule has 0 N–H and O–H groups in total. The van der Waals surface area contributed by atoms with E-state index in [1.807, 2.05) is 61.2 Å². The molecule has 1 aromatic carbocycles. The summed E-state index contributed by atoms with van der Waals surface area (Å²) in [7, 11) is 3.97. The number of pyridine rings is 1. The molecule has 0 aliphatic carbocycles. The Balaban J connectivity index is 1.46. The lowest BCUT2D eigenvalue weighted by Gasteiger charge is -2.32. The lowest BCUT2D eigenvalue weighted by atomic mass is 9.92. The predicted octanol–water partition coefficient (Wildman–Crippen LogP) is 4.69. The number of rotatable bonds is 5. The minimum absolute atomic E-state index is 0.108. The minimum Gasteiger partial charge on any atom is -0.378 e. The molecule has 162 valence electrons.